The standard InChI is InChI=1S/C11H25N3O2/c1-9(5-4-8-15)13-7-6-11(2,3)10(12)14-16/h9,13,15-16H,4-8H2,1-3H3,(H2,12,14). The van der Waals surface area contributed by atoms with Gasteiger partial charge in [-0.05, 0) is 32.7 Å². The van der Waals surface area contributed by atoms with Crippen molar-refractivity contribution >= 4 is 5.84 Å². The van der Waals surface area contributed by atoms with E-state index >= 15 is 0 Å². The van der Waals surface area contributed by atoms with E-state index in [1.807, 2.05) is 13.8 Å². The lowest BCUT2D eigenvalue weighted by atomic mass is 9.88. The van der Waals surface area contributed by atoms with Gasteiger partial charge >= 0.3 is 0 Å². The summed E-state index contributed by atoms with van der Waals surface area (Å²) in [5.74, 6) is 0.261. The predicted molar refractivity (Wildman–Crippen MR) is 65.6 cm³/mol. The molecule has 1 unspecified atom stereocenters. The van der Waals surface area contributed by atoms with Crippen LogP contribution in [-0.2, 0) is 0 Å². The van der Waals surface area contributed by atoms with Crippen molar-refractivity contribution in [2.24, 2.45) is 16.3 Å². The molecule has 96 valence electrons. The summed E-state index contributed by atoms with van der Waals surface area (Å²) in [5.41, 5.74) is 5.29. The van der Waals surface area contributed by atoms with E-state index in [1.165, 1.54) is 0 Å². The highest BCUT2D eigenvalue weighted by molar-refractivity contribution is 5.85. The molecule has 0 radical (unpaired) electrons. The molecule has 0 rings (SSSR count). The van der Waals surface area contributed by atoms with Crippen molar-refractivity contribution in [2.75, 3.05) is 13.2 Å². The normalized spacial score (nSPS) is 15.1. The predicted octanol–water partition coefficient (Wildman–Crippen LogP) is 0.900. The lowest BCUT2D eigenvalue weighted by molar-refractivity contribution is 0.275. The molecule has 0 aliphatic heterocycles. The summed E-state index contributed by atoms with van der Waals surface area (Å²) in [7, 11) is 0. The Morgan fingerprint density at radius 3 is 2.62 bits per heavy atom. The average molecular weight is 231 g/mol. The molecule has 0 bridgehead atoms. The van der Waals surface area contributed by atoms with Gasteiger partial charge in [-0.2, -0.15) is 0 Å². The first-order valence-corrected chi connectivity index (χ1v) is 5.76. The van der Waals surface area contributed by atoms with E-state index in [-0.39, 0.29) is 17.9 Å². The Morgan fingerprint density at radius 1 is 1.50 bits per heavy atom. The Labute approximate surface area is 97.7 Å². The zero-order valence-corrected chi connectivity index (χ0v) is 10.5. The van der Waals surface area contributed by atoms with Gasteiger partial charge in [0.2, 0.25) is 0 Å². The molecule has 0 saturated carbocycles. The second kappa shape index (κ2) is 7.46. The zero-order chi connectivity index (χ0) is 12.6. The van der Waals surface area contributed by atoms with Crippen molar-refractivity contribution in [1.82, 2.24) is 5.32 Å². The van der Waals surface area contributed by atoms with Crippen LogP contribution in [0.2, 0.25) is 0 Å². The number of hydrogen-bond acceptors (Lipinski definition) is 4. The minimum atomic E-state index is -0.293. The highest BCUT2D eigenvalue weighted by atomic mass is 16.4. The lowest BCUT2D eigenvalue weighted by Gasteiger charge is -2.24. The fourth-order valence-corrected chi connectivity index (χ4v) is 1.39. The molecule has 5 N–H and O–H groups in total. The third-order valence-corrected chi connectivity index (χ3v) is 2.84. The number of nitrogens with one attached hydrogen (secondary N) is 1. The first-order chi connectivity index (χ1) is 7.44. The molecule has 16 heavy (non-hydrogen) atoms. The van der Waals surface area contributed by atoms with Gasteiger partial charge in [0.1, 0.15) is 5.84 Å². The second-order valence-electron chi connectivity index (χ2n) is 4.84. The zero-order valence-electron chi connectivity index (χ0n) is 10.5. The summed E-state index contributed by atoms with van der Waals surface area (Å²) in [6.45, 7) is 7.04. The molecule has 0 saturated heterocycles. The summed E-state index contributed by atoms with van der Waals surface area (Å²) < 4.78 is 0. The number of rotatable bonds is 8. The van der Waals surface area contributed by atoms with Crippen molar-refractivity contribution in [1.29, 1.82) is 0 Å². The molecule has 5 nitrogen and oxygen atoms in total. The minimum Gasteiger partial charge on any atom is -0.409 e. The van der Waals surface area contributed by atoms with Crippen molar-refractivity contribution in [2.45, 2.75) is 46.1 Å². The van der Waals surface area contributed by atoms with Crippen molar-refractivity contribution < 1.29 is 10.3 Å². The SMILES string of the molecule is CC(CCCO)NCCC(C)(C)C(N)=NO. The van der Waals surface area contributed by atoms with E-state index in [0.29, 0.717) is 6.04 Å². The fraction of sp³-hybridized carbons (Fsp3) is 0.909. The van der Waals surface area contributed by atoms with Gasteiger partial charge in [-0.15, -0.1) is 0 Å². The van der Waals surface area contributed by atoms with Gasteiger partial charge in [-0.3, -0.25) is 0 Å². The summed E-state index contributed by atoms with van der Waals surface area (Å²) in [6.07, 6.45) is 2.59. The maximum atomic E-state index is 8.69. The highest BCUT2D eigenvalue weighted by Gasteiger charge is 2.23. The number of nitrogens with two attached hydrogens (primary N) is 1. The molecular formula is C11H25N3O2. The number of aliphatic hydroxyl groups excluding tert-OH is 1. The van der Waals surface area contributed by atoms with Gasteiger partial charge in [-0.1, -0.05) is 19.0 Å². The minimum absolute atomic E-state index is 0.238. The van der Waals surface area contributed by atoms with Crippen LogP contribution in [0.25, 0.3) is 0 Å². The Balaban J connectivity index is 3.80. The monoisotopic (exact) mass is 231 g/mol. The first-order valence-electron chi connectivity index (χ1n) is 5.76. The van der Waals surface area contributed by atoms with Crippen LogP contribution in [0.15, 0.2) is 5.16 Å². The molecule has 0 aliphatic carbocycles. The molecule has 0 aromatic carbocycles. The molecule has 0 aliphatic rings. The largest absolute Gasteiger partial charge is 0.409 e. The van der Waals surface area contributed by atoms with Gasteiger partial charge in [0, 0.05) is 18.1 Å². The van der Waals surface area contributed by atoms with Crippen LogP contribution in [0.5, 0.6) is 0 Å². The first kappa shape index (κ1) is 15.2. The third-order valence-electron chi connectivity index (χ3n) is 2.84. The quantitative estimate of drug-likeness (QED) is 0.216. The smallest absolute Gasteiger partial charge is 0.144 e. The fourth-order valence-electron chi connectivity index (χ4n) is 1.39. The second-order valence-corrected chi connectivity index (χ2v) is 4.84. The van der Waals surface area contributed by atoms with E-state index in [1.54, 1.807) is 0 Å². The van der Waals surface area contributed by atoms with Crippen LogP contribution < -0.4 is 11.1 Å². The van der Waals surface area contributed by atoms with Gasteiger partial charge in [0.15, 0.2) is 0 Å². The molecule has 0 fully saturated rings. The summed E-state index contributed by atoms with van der Waals surface area (Å²) >= 11 is 0. The van der Waals surface area contributed by atoms with Gasteiger partial charge in [-0.25, -0.2) is 0 Å². The van der Waals surface area contributed by atoms with Crippen LogP contribution in [-0.4, -0.2) is 35.3 Å². The van der Waals surface area contributed by atoms with Gasteiger partial charge in [0.25, 0.3) is 0 Å². The van der Waals surface area contributed by atoms with Crippen molar-refractivity contribution in [3.63, 3.8) is 0 Å². The number of nitrogens with zero attached hydrogens (tertiary/aromatic N) is 1. The van der Waals surface area contributed by atoms with Crippen LogP contribution in [0.1, 0.15) is 40.0 Å². The van der Waals surface area contributed by atoms with Crippen LogP contribution in [0.4, 0.5) is 0 Å². The van der Waals surface area contributed by atoms with E-state index in [4.69, 9.17) is 16.0 Å². The van der Waals surface area contributed by atoms with Crippen LogP contribution >= 0.6 is 0 Å². The molecule has 0 amide bonds. The molecule has 0 heterocycles. The molecule has 0 aromatic rings. The maximum Gasteiger partial charge on any atom is 0.144 e. The number of hydrogen-bond donors (Lipinski definition) is 4. The summed E-state index contributed by atoms with van der Waals surface area (Å²) in [5, 5.41) is 23.7. The van der Waals surface area contributed by atoms with Gasteiger partial charge < -0.3 is 21.4 Å². The molecular weight excluding hydrogens is 206 g/mol. The molecule has 0 aromatic heterocycles. The Hall–Kier alpha value is -0.810. The molecule has 0 spiro atoms. The van der Waals surface area contributed by atoms with Crippen LogP contribution in [0.3, 0.4) is 0 Å². The van der Waals surface area contributed by atoms with E-state index in [0.717, 1.165) is 25.8 Å². The van der Waals surface area contributed by atoms with Gasteiger partial charge in [0.05, 0.1) is 0 Å². The van der Waals surface area contributed by atoms with Crippen molar-refractivity contribution in [3.8, 4) is 0 Å². The van der Waals surface area contributed by atoms with Crippen LogP contribution in [0, 0.1) is 5.41 Å². The number of amidine groups is 1. The summed E-state index contributed by atoms with van der Waals surface area (Å²) in [4.78, 5) is 0. The Bertz CT molecular complexity index is 217. The maximum absolute atomic E-state index is 8.69. The number of aliphatic hydroxyl groups is 1. The Kier molecular flexibility index (Phi) is 7.08. The molecule has 1 atom stereocenters. The van der Waals surface area contributed by atoms with E-state index in [2.05, 4.69) is 17.4 Å². The highest BCUT2D eigenvalue weighted by Crippen LogP contribution is 2.19. The molecule has 5 heteroatoms. The van der Waals surface area contributed by atoms with Crippen molar-refractivity contribution in [3.05, 3.63) is 0 Å². The lowest BCUT2D eigenvalue weighted by Crippen LogP contribution is -2.36. The van der Waals surface area contributed by atoms with E-state index in [9.17, 15) is 0 Å². The topological polar surface area (TPSA) is 90.9 Å². The average Bonchev–Trinajstić information content (AvgIpc) is 2.24. The number of oxime groups is 1. The third kappa shape index (κ3) is 5.92. The Morgan fingerprint density at radius 2 is 2.12 bits per heavy atom. The van der Waals surface area contributed by atoms with E-state index < -0.39 is 0 Å². The summed E-state index contributed by atoms with van der Waals surface area (Å²) in [6, 6.07) is 0.384.